The van der Waals surface area contributed by atoms with Crippen molar-refractivity contribution >= 4 is 12.3 Å². The molecule has 1 aromatic rings. The summed E-state index contributed by atoms with van der Waals surface area (Å²) in [6.45, 7) is 5.32. The van der Waals surface area contributed by atoms with Crippen molar-refractivity contribution in [2.24, 2.45) is 0 Å². The van der Waals surface area contributed by atoms with Crippen molar-refractivity contribution in [1.82, 2.24) is 0 Å². The summed E-state index contributed by atoms with van der Waals surface area (Å²) >= 11 is 0. The summed E-state index contributed by atoms with van der Waals surface area (Å²) in [5.74, 6) is 0.496. The quantitative estimate of drug-likeness (QED) is 0.458. The first kappa shape index (κ1) is 12.6. The predicted octanol–water partition coefficient (Wildman–Crippen LogP) is 2.53. The molecule has 0 bridgehead atoms. The van der Waals surface area contributed by atoms with E-state index in [2.05, 4.69) is 0 Å². The van der Waals surface area contributed by atoms with Gasteiger partial charge in [0.2, 0.25) is 0 Å². The van der Waals surface area contributed by atoms with Gasteiger partial charge in [-0.1, -0.05) is 0 Å². The van der Waals surface area contributed by atoms with Gasteiger partial charge in [0.15, 0.2) is 6.29 Å². The lowest BCUT2D eigenvalue weighted by molar-refractivity contribution is -0.131. The summed E-state index contributed by atoms with van der Waals surface area (Å²) < 4.78 is 10.9. The van der Waals surface area contributed by atoms with Gasteiger partial charge in [-0.15, -0.1) is 0 Å². The summed E-state index contributed by atoms with van der Waals surface area (Å²) in [6, 6.07) is 3.36. The molecule has 1 aromatic carbocycles. The average Bonchev–Trinajstić information content (AvgIpc) is 2.26. The minimum Gasteiger partial charge on any atom is -0.487 e. The second-order valence-corrected chi connectivity index (χ2v) is 5.07. The Bertz CT molecular complexity index is 503. The molecule has 1 aliphatic heterocycles. The minimum absolute atomic E-state index is 0.233. The lowest BCUT2D eigenvalue weighted by atomic mass is 9.93. The van der Waals surface area contributed by atoms with Gasteiger partial charge in [-0.2, -0.15) is 0 Å². The Hall–Kier alpha value is -1.84. The van der Waals surface area contributed by atoms with Crippen LogP contribution in [0.25, 0.3) is 0 Å². The van der Waals surface area contributed by atoms with Crippen LogP contribution in [0.2, 0.25) is 0 Å². The highest BCUT2D eigenvalue weighted by Crippen LogP contribution is 2.37. The van der Waals surface area contributed by atoms with Crippen molar-refractivity contribution in [3.63, 3.8) is 0 Å². The second-order valence-electron chi connectivity index (χ2n) is 5.07. The van der Waals surface area contributed by atoms with E-state index in [4.69, 9.17) is 9.47 Å². The Kier molecular flexibility index (Phi) is 3.11. The van der Waals surface area contributed by atoms with Gasteiger partial charge in [0.05, 0.1) is 5.56 Å². The lowest BCUT2D eigenvalue weighted by Crippen LogP contribution is -2.32. The summed E-state index contributed by atoms with van der Waals surface area (Å²) in [7, 11) is 0. The third kappa shape index (κ3) is 2.53. The molecule has 0 saturated carbocycles. The summed E-state index contributed by atoms with van der Waals surface area (Å²) in [4.78, 5) is 22.0. The topological polar surface area (TPSA) is 52.6 Å². The minimum atomic E-state index is -0.451. The summed E-state index contributed by atoms with van der Waals surface area (Å²) in [5.41, 5.74) is 1.13. The Morgan fingerprint density at radius 3 is 2.78 bits per heavy atom. The molecule has 0 N–H and O–H groups in total. The van der Waals surface area contributed by atoms with Gasteiger partial charge in [0.25, 0.3) is 0 Å². The van der Waals surface area contributed by atoms with E-state index in [1.807, 2.05) is 13.8 Å². The molecule has 4 nitrogen and oxygen atoms in total. The van der Waals surface area contributed by atoms with Crippen molar-refractivity contribution in [2.75, 3.05) is 0 Å². The predicted molar refractivity (Wildman–Crippen MR) is 66.2 cm³/mol. The maximum absolute atomic E-state index is 11.0. The van der Waals surface area contributed by atoms with E-state index in [0.29, 0.717) is 17.6 Å². The van der Waals surface area contributed by atoms with Crippen LogP contribution in [-0.4, -0.2) is 17.9 Å². The first-order valence-corrected chi connectivity index (χ1v) is 5.91. The fourth-order valence-corrected chi connectivity index (χ4v) is 2.04. The van der Waals surface area contributed by atoms with E-state index in [1.165, 1.54) is 6.92 Å². The van der Waals surface area contributed by atoms with E-state index in [0.717, 1.165) is 18.4 Å². The van der Waals surface area contributed by atoms with Crippen LogP contribution in [0.5, 0.6) is 11.5 Å². The number of fused-ring (bicyclic) bond motifs is 1. The first-order chi connectivity index (χ1) is 8.41. The summed E-state index contributed by atoms with van der Waals surface area (Å²) in [6.07, 6.45) is 2.44. The van der Waals surface area contributed by atoms with Crippen molar-refractivity contribution in [1.29, 1.82) is 0 Å². The molecule has 2 rings (SSSR count). The highest BCUT2D eigenvalue weighted by molar-refractivity contribution is 5.83. The molecule has 18 heavy (non-hydrogen) atoms. The monoisotopic (exact) mass is 248 g/mol. The molecule has 1 aliphatic rings. The molecule has 0 amide bonds. The average molecular weight is 248 g/mol. The number of hydrogen-bond acceptors (Lipinski definition) is 4. The van der Waals surface area contributed by atoms with Gasteiger partial charge in [0.1, 0.15) is 17.1 Å². The van der Waals surface area contributed by atoms with Crippen LogP contribution < -0.4 is 9.47 Å². The molecule has 1 heterocycles. The number of esters is 1. The van der Waals surface area contributed by atoms with Crippen LogP contribution in [0.1, 0.15) is 43.1 Å². The van der Waals surface area contributed by atoms with Crippen molar-refractivity contribution in [3.8, 4) is 11.5 Å². The number of ether oxygens (including phenoxy) is 2. The van der Waals surface area contributed by atoms with Crippen LogP contribution in [0, 0.1) is 0 Å². The molecule has 96 valence electrons. The number of carbonyl (C=O) groups excluding carboxylic acids is 2. The zero-order valence-corrected chi connectivity index (χ0v) is 10.8. The molecule has 0 saturated heterocycles. The largest absolute Gasteiger partial charge is 0.487 e. The van der Waals surface area contributed by atoms with Crippen molar-refractivity contribution < 1.29 is 19.1 Å². The molecule has 0 atom stereocenters. The summed E-state index contributed by atoms with van der Waals surface area (Å²) in [5, 5.41) is 0. The Labute approximate surface area is 106 Å². The normalized spacial score (nSPS) is 16.4. The SMILES string of the molecule is CC(=O)Oc1cc2c(cc1C=O)CCC(C)(C)O2. The Balaban J connectivity index is 2.43. The smallest absolute Gasteiger partial charge is 0.308 e. The fraction of sp³-hybridized carbons (Fsp3) is 0.429. The molecular formula is C14H16O4. The van der Waals surface area contributed by atoms with Gasteiger partial charge in [-0.3, -0.25) is 9.59 Å². The Morgan fingerprint density at radius 1 is 1.44 bits per heavy atom. The molecule has 0 aromatic heterocycles. The fourth-order valence-electron chi connectivity index (χ4n) is 2.04. The van der Waals surface area contributed by atoms with Crippen molar-refractivity contribution in [2.45, 2.75) is 39.2 Å². The molecule has 4 heteroatoms. The number of aldehydes is 1. The van der Waals surface area contributed by atoms with E-state index >= 15 is 0 Å². The van der Waals surface area contributed by atoms with Gasteiger partial charge in [0, 0.05) is 13.0 Å². The number of hydrogen-bond donors (Lipinski definition) is 0. The highest BCUT2D eigenvalue weighted by atomic mass is 16.5. The van der Waals surface area contributed by atoms with Gasteiger partial charge in [-0.25, -0.2) is 0 Å². The van der Waals surface area contributed by atoms with E-state index < -0.39 is 5.97 Å². The van der Waals surface area contributed by atoms with Gasteiger partial charge < -0.3 is 9.47 Å². The van der Waals surface area contributed by atoms with Crippen LogP contribution in [0.3, 0.4) is 0 Å². The number of benzene rings is 1. The van der Waals surface area contributed by atoms with Gasteiger partial charge >= 0.3 is 5.97 Å². The zero-order valence-electron chi connectivity index (χ0n) is 10.8. The highest BCUT2D eigenvalue weighted by Gasteiger charge is 2.27. The van der Waals surface area contributed by atoms with E-state index in [-0.39, 0.29) is 11.4 Å². The van der Waals surface area contributed by atoms with Crippen LogP contribution >= 0.6 is 0 Å². The van der Waals surface area contributed by atoms with E-state index in [1.54, 1.807) is 12.1 Å². The number of aryl methyl sites for hydroxylation is 1. The zero-order chi connectivity index (χ0) is 13.3. The van der Waals surface area contributed by atoms with Gasteiger partial charge in [-0.05, 0) is 38.3 Å². The molecule has 0 aliphatic carbocycles. The lowest BCUT2D eigenvalue weighted by Gasteiger charge is -2.32. The first-order valence-electron chi connectivity index (χ1n) is 5.91. The third-order valence-corrected chi connectivity index (χ3v) is 2.96. The standard InChI is InChI=1S/C14H16O4/c1-9(16)17-12-7-13-10(6-11(12)8-15)4-5-14(2,3)18-13/h6-8H,4-5H2,1-3H3. The van der Waals surface area contributed by atoms with E-state index in [9.17, 15) is 9.59 Å². The number of carbonyl (C=O) groups is 2. The van der Waals surface area contributed by atoms with Crippen LogP contribution in [0.4, 0.5) is 0 Å². The second kappa shape index (κ2) is 4.44. The molecular weight excluding hydrogens is 232 g/mol. The van der Waals surface area contributed by atoms with Crippen molar-refractivity contribution in [3.05, 3.63) is 23.3 Å². The molecule has 0 fully saturated rings. The molecule has 0 radical (unpaired) electrons. The molecule has 0 spiro atoms. The molecule has 0 unspecified atom stereocenters. The maximum Gasteiger partial charge on any atom is 0.308 e. The van der Waals surface area contributed by atoms with Crippen LogP contribution in [0.15, 0.2) is 12.1 Å². The maximum atomic E-state index is 11.0. The number of rotatable bonds is 2. The van der Waals surface area contributed by atoms with Crippen LogP contribution in [-0.2, 0) is 11.2 Å². The Morgan fingerprint density at radius 2 is 2.17 bits per heavy atom. The third-order valence-electron chi connectivity index (χ3n) is 2.96.